The molecule has 1 unspecified atom stereocenters. The minimum atomic E-state index is 0.0266. The van der Waals surface area contributed by atoms with Gasteiger partial charge in [-0.05, 0) is 30.9 Å². The normalized spacial score (nSPS) is 20.2. The number of hydrogen-bond donors (Lipinski definition) is 3. The third kappa shape index (κ3) is 4.53. The fourth-order valence-corrected chi connectivity index (χ4v) is 3.54. The highest BCUT2D eigenvalue weighted by Crippen LogP contribution is 2.31. The van der Waals surface area contributed by atoms with E-state index < -0.39 is 0 Å². The molecule has 2 aliphatic rings. The maximum atomic E-state index is 12.3. The van der Waals surface area contributed by atoms with E-state index in [1.165, 1.54) is 6.42 Å². The van der Waals surface area contributed by atoms with Crippen molar-refractivity contribution in [1.82, 2.24) is 15.5 Å². The number of nitrogens with zero attached hydrogens (tertiary/aromatic N) is 2. The number of amides is 2. The Kier molecular flexibility index (Phi) is 6.09. The molecule has 140 valence electrons. The second kappa shape index (κ2) is 8.69. The second-order valence-electron chi connectivity index (χ2n) is 6.78. The summed E-state index contributed by atoms with van der Waals surface area (Å²) < 4.78 is 0. The Balaban J connectivity index is 1.51. The zero-order valence-corrected chi connectivity index (χ0v) is 15.3. The van der Waals surface area contributed by atoms with Crippen LogP contribution < -0.4 is 16.0 Å². The predicted octanol–water partition coefficient (Wildman–Crippen LogP) is 1.29. The fraction of sp³-hybridized carbons (Fsp3) is 0.526. The maximum Gasteiger partial charge on any atom is 0.241 e. The Hall–Kier alpha value is -2.57. The molecule has 2 amide bonds. The first-order chi connectivity index (χ1) is 12.7. The molecule has 0 radical (unpaired) electrons. The molecule has 0 spiro atoms. The van der Waals surface area contributed by atoms with Crippen molar-refractivity contribution in [3.05, 3.63) is 29.8 Å². The van der Waals surface area contributed by atoms with Gasteiger partial charge < -0.3 is 20.9 Å². The molecule has 0 aliphatic carbocycles. The van der Waals surface area contributed by atoms with Crippen LogP contribution in [0.3, 0.4) is 0 Å². The Morgan fingerprint density at radius 2 is 2.00 bits per heavy atom. The van der Waals surface area contributed by atoms with Crippen LogP contribution >= 0.6 is 0 Å². The molecule has 1 atom stereocenters. The lowest BCUT2D eigenvalue weighted by Crippen LogP contribution is -2.47. The van der Waals surface area contributed by atoms with Crippen molar-refractivity contribution in [2.75, 3.05) is 38.5 Å². The number of carbonyl (C=O) groups is 2. The molecule has 2 aliphatic heterocycles. The number of para-hydroxylation sites is 1. The summed E-state index contributed by atoms with van der Waals surface area (Å²) in [5, 5.41) is 9.24. The summed E-state index contributed by atoms with van der Waals surface area (Å²) in [6, 6.07) is 7.86. The minimum absolute atomic E-state index is 0.0266. The number of fused-ring (bicyclic) bond motifs is 1. The number of likely N-dealkylation sites (tertiary alicyclic amines) is 1. The summed E-state index contributed by atoms with van der Waals surface area (Å²) in [7, 11) is 1.68. The Morgan fingerprint density at radius 1 is 1.23 bits per heavy atom. The SMILES string of the molecule is CN=C(NCC(=O)N1CCCCC1)NCC1CC(=O)Nc2ccccc21. The van der Waals surface area contributed by atoms with E-state index in [2.05, 4.69) is 20.9 Å². The standard InChI is InChI=1S/C19H27N5O2/c1-20-19(22-13-18(26)24-9-5-2-6-10-24)21-12-14-11-17(25)23-16-8-4-3-7-15(14)16/h3-4,7-8,14H,2,5-6,9-13H2,1H3,(H,23,25)(H2,20,21,22). The van der Waals surface area contributed by atoms with Crippen molar-refractivity contribution in [2.45, 2.75) is 31.6 Å². The van der Waals surface area contributed by atoms with Crippen molar-refractivity contribution in [2.24, 2.45) is 4.99 Å². The molecule has 0 bridgehead atoms. The van der Waals surface area contributed by atoms with Crippen LogP contribution in [0, 0.1) is 0 Å². The third-order valence-electron chi connectivity index (χ3n) is 4.96. The van der Waals surface area contributed by atoms with Crippen LogP contribution in [-0.4, -0.2) is 55.9 Å². The van der Waals surface area contributed by atoms with E-state index in [4.69, 9.17) is 0 Å². The molecular weight excluding hydrogens is 330 g/mol. The van der Waals surface area contributed by atoms with E-state index in [1.807, 2.05) is 29.2 Å². The molecule has 2 heterocycles. The number of carbonyl (C=O) groups excluding carboxylic acids is 2. The number of piperidine rings is 1. The van der Waals surface area contributed by atoms with Gasteiger partial charge in [-0.15, -0.1) is 0 Å². The molecule has 7 heteroatoms. The van der Waals surface area contributed by atoms with Crippen LogP contribution in [0.15, 0.2) is 29.3 Å². The summed E-state index contributed by atoms with van der Waals surface area (Å²) in [5.41, 5.74) is 2.00. The molecule has 1 aromatic rings. The maximum absolute atomic E-state index is 12.3. The van der Waals surface area contributed by atoms with Crippen LogP contribution in [0.1, 0.15) is 37.2 Å². The Labute approximate surface area is 154 Å². The van der Waals surface area contributed by atoms with Gasteiger partial charge in [-0.1, -0.05) is 18.2 Å². The molecule has 1 aromatic carbocycles. The summed E-state index contributed by atoms with van der Waals surface area (Å²) in [4.78, 5) is 30.3. The fourth-order valence-electron chi connectivity index (χ4n) is 3.54. The first kappa shape index (κ1) is 18.2. The number of hydrogen-bond acceptors (Lipinski definition) is 3. The zero-order valence-electron chi connectivity index (χ0n) is 15.3. The van der Waals surface area contributed by atoms with Gasteiger partial charge in [0.15, 0.2) is 5.96 Å². The lowest BCUT2D eigenvalue weighted by atomic mass is 9.90. The number of anilines is 1. The lowest BCUT2D eigenvalue weighted by Gasteiger charge is -2.28. The highest BCUT2D eigenvalue weighted by Gasteiger charge is 2.25. The molecule has 26 heavy (non-hydrogen) atoms. The van der Waals surface area contributed by atoms with E-state index in [0.717, 1.165) is 37.2 Å². The highest BCUT2D eigenvalue weighted by molar-refractivity contribution is 5.95. The average Bonchev–Trinajstić information content (AvgIpc) is 2.68. The number of guanidine groups is 1. The van der Waals surface area contributed by atoms with Gasteiger partial charge in [-0.3, -0.25) is 14.6 Å². The molecule has 1 saturated heterocycles. The lowest BCUT2D eigenvalue weighted by molar-refractivity contribution is -0.130. The quantitative estimate of drug-likeness (QED) is 0.560. The molecular formula is C19H27N5O2. The topological polar surface area (TPSA) is 85.8 Å². The number of benzene rings is 1. The van der Waals surface area contributed by atoms with Crippen molar-refractivity contribution in [1.29, 1.82) is 0 Å². The molecule has 1 fully saturated rings. The first-order valence-corrected chi connectivity index (χ1v) is 9.28. The monoisotopic (exact) mass is 357 g/mol. The van der Waals surface area contributed by atoms with Crippen LogP contribution in [0.25, 0.3) is 0 Å². The van der Waals surface area contributed by atoms with Crippen LogP contribution in [0.4, 0.5) is 5.69 Å². The van der Waals surface area contributed by atoms with Crippen LogP contribution in [0.2, 0.25) is 0 Å². The van der Waals surface area contributed by atoms with E-state index in [1.54, 1.807) is 7.05 Å². The van der Waals surface area contributed by atoms with Crippen molar-refractivity contribution in [3.8, 4) is 0 Å². The van der Waals surface area contributed by atoms with Gasteiger partial charge in [0.2, 0.25) is 11.8 Å². The molecule has 3 N–H and O–H groups in total. The van der Waals surface area contributed by atoms with Crippen molar-refractivity contribution >= 4 is 23.5 Å². The predicted molar refractivity (Wildman–Crippen MR) is 102 cm³/mol. The van der Waals surface area contributed by atoms with Gasteiger partial charge in [0.25, 0.3) is 0 Å². The Bertz CT molecular complexity index is 682. The molecule has 0 saturated carbocycles. The van der Waals surface area contributed by atoms with Crippen molar-refractivity contribution in [3.63, 3.8) is 0 Å². The first-order valence-electron chi connectivity index (χ1n) is 9.28. The highest BCUT2D eigenvalue weighted by atomic mass is 16.2. The smallest absolute Gasteiger partial charge is 0.241 e. The zero-order chi connectivity index (χ0) is 18.4. The van der Waals surface area contributed by atoms with Crippen LogP contribution in [-0.2, 0) is 9.59 Å². The largest absolute Gasteiger partial charge is 0.356 e. The van der Waals surface area contributed by atoms with Gasteiger partial charge >= 0.3 is 0 Å². The van der Waals surface area contributed by atoms with Crippen LogP contribution in [0.5, 0.6) is 0 Å². The summed E-state index contributed by atoms with van der Waals surface area (Å²) in [6.45, 7) is 2.52. The van der Waals surface area contributed by atoms with E-state index in [9.17, 15) is 9.59 Å². The van der Waals surface area contributed by atoms with Crippen molar-refractivity contribution < 1.29 is 9.59 Å². The Morgan fingerprint density at radius 3 is 2.77 bits per heavy atom. The van der Waals surface area contributed by atoms with Gasteiger partial charge in [-0.2, -0.15) is 0 Å². The number of nitrogens with one attached hydrogen (secondary N) is 3. The number of rotatable bonds is 4. The molecule has 7 nitrogen and oxygen atoms in total. The van der Waals surface area contributed by atoms with Gasteiger partial charge in [0.1, 0.15) is 0 Å². The summed E-state index contributed by atoms with van der Waals surface area (Å²) in [5.74, 6) is 0.795. The van der Waals surface area contributed by atoms with Gasteiger partial charge in [0, 0.05) is 44.7 Å². The van der Waals surface area contributed by atoms with E-state index in [-0.39, 0.29) is 24.3 Å². The summed E-state index contributed by atoms with van der Waals surface area (Å²) in [6.07, 6.45) is 3.81. The minimum Gasteiger partial charge on any atom is -0.356 e. The van der Waals surface area contributed by atoms with E-state index >= 15 is 0 Å². The van der Waals surface area contributed by atoms with Gasteiger partial charge in [0.05, 0.1) is 6.54 Å². The average molecular weight is 357 g/mol. The number of aliphatic imine (C=N–C) groups is 1. The molecule has 3 rings (SSSR count). The molecule has 0 aromatic heterocycles. The van der Waals surface area contributed by atoms with Gasteiger partial charge in [-0.25, -0.2) is 0 Å². The third-order valence-corrected chi connectivity index (χ3v) is 4.96. The van der Waals surface area contributed by atoms with E-state index in [0.29, 0.717) is 18.9 Å². The summed E-state index contributed by atoms with van der Waals surface area (Å²) >= 11 is 0. The second-order valence-corrected chi connectivity index (χ2v) is 6.78.